The number of phenols is 1. The average molecular weight is 193 g/mol. The minimum absolute atomic E-state index is 0.0706. The third kappa shape index (κ3) is 1.68. The molecule has 76 valence electrons. The number of phenolic OH excluding ortho intramolecular Hbond substituents is 1. The molecule has 1 aliphatic heterocycles. The fourth-order valence-electron chi connectivity index (χ4n) is 1.78. The van der Waals surface area contributed by atoms with Gasteiger partial charge in [0.1, 0.15) is 11.5 Å². The zero-order valence-corrected chi connectivity index (χ0v) is 8.29. The monoisotopic (exact) mass is 193 g/mol. The summed E-state index contributed by atoms with van der Waals surface area (Å²) in [6.07, 6.45) is 1.64. The Labute approximate surface area is 83.5 Å². The fourth-order valence-corrected chi connectivity index (χ4v) is 1.78. The van der Waals surface area contributed by atoms with E-state index in [0.29, 0.717) is 12.2 Å². The minimum Gasteiger partial charge on any atom is -0.508 e. The minimum atomic E-state index is 0.0706. The Kier molecular flexibility index (Phi) is 2.33. The van der Waals surface area contributed by atoms with Gasteiger partial charge in [0.25, 0.3) is 0 Å². The van der Waals surface area contributed by atoms with Gasteiger partial charge < -0.3 is 15.6 Å². The summed E-state index contributed by atoms with van der Waals surface area (Å²) in [7, 11) is 0. The van der Waals surface area contributed by atoms with E-state index >= 15 is 0 Å². The smallest absolute Gasteiger partial charge is 0.126 e. The van der Waals surface area contributed by atoms with Gasteiger partial charge >= 0.3 is 0 Å². The van der Waals surface area contributed by atoms with Crippen molar-refractivity contribution in [1.29, 1.82) is 0 Å². The lowest BCUT2D eigenvalue weighted by Crippen LogP contribution is -2.17. The van der Waals surface area contributed by atoms with E-state index in [1.165, 1.54) is 5.56 Å². The van der Waals surface area contributed by atoms with Crippen LogP contribution in [0.25, 0.3) is 0 Å². The lowest BCUT2D eigenvalue weighted by molar-refractivity contribution is 0.354. The van der Waals surface area contributed by atoms with Crippen LogP contribution in [0.3, 0.4) is 0 Å². The van der Waals surface area contributed by atoms with E-state index in [0.717, 1.165) is 24.3 Å². The zero-order chi connectivity index (χ0) is 10.1. The summed E-state index contributed by atoms with van der Waals surface area (Å²) in [6, 6.07) is 3.77. The first-order chi connectivity index (χ1) is 6.66. The number of rotatable bonds is 2. The van der Waals surface area contributed by atoms with Gasteiger partial charge in [-0.1, -0.05) is 0 Å². The van der Waals surface area contributed by atoms with Gasteiger partial charge in [0, 0.05) is 18.5 Å². The molecular formula is C11H15NO2. The quantitative estimate of drug-likeness (QED) is 0.742. The fraction of sp³-hybridized carbons (Fsp3) is 0.455. The molecule has 1 aliphatic rings. The molecule has 2 rings (SSSR count). The van der Waals surface area contributed by atoms with Crippen LogP contribution in [-0.4, -0.2) is 17.8 Å². The number of ether oxygens (including phenoxy) is 1. The van der Waals surface area contributed by atoms with E-state index in [9.17, 15) is 5.11 Å². The van der Waals surface area contributed by atoms with Crippen LogP contribution in [0.15, 0.2) is 12.1 Å². The first-order valence-corrected chi connectivity index (χ1v) is 4.90. The molecule has 0 aliphatic carbocycles. The van der Waals surface area contributed by atoms with E-state index in [2.05, 4.69) is 0 Å². The molecule has 14 heavy (non-hydrogen) atoms. The second-order valence-electron chi connectivity index (χ2n) is 3.87. The van der Waals surface area contributed by atoms with Gasteiger partial charge in [-0.15, -0.1) is 0 Å². The number of aromatic hydroxyl groups is 1. The molecule has 0 fully saturated rings. The molecule has 0 saturated carbocycles. The molecule has 0 amide bonds. The van der Waals surface area contributed by atoms with Crippen LogP contribution in [0.1, 0.15) is 18.1 Å². The maximum absolute atomic E-state index is 9.69. The summed E-state index contributed by atoms with van der Waals surface area (Å²) in [4.78, 5) is 0. The lowest BCUT2D eigenvalue weighted by Gasteiger charge is -2.09. The molecule has 1 aromatic carbocycles. The lowest BCUT2D eigenvalue weighted by atomic mass is 10.0. The van der Waals surface area contributed by atoms with E-state index in [4.69, 9.17) is 10.5 Å². The normalized spacial score (nSPS) is 16.1. The van der Waals surface area contributed by atoms with Crippen molar-refractivity contribution in [2.45, 2.75) is 25.8 Å². The summed E-state index contributed by atoms with van der Waals surface area (Å²) in [6.45, 7) is 2.65. The molecule has 0 saturated heterocycles. The summed E-state index contributed by atoms with van der Waals surface area (Å²) >= 11 is 0. The molecule has 1 atom stereocenters. The Morgan fingerprint density at radius 1 is 1.57 bits per heavy atom. The first-order valence-electron chi connectivity index (χ1n) is 4.90. The summed E-state index contributed by atoms with van der Waals surface area (Å²) in [5, 5.41) is 9.69. The molecule has 0 radical (unpaired) electrons. The van der Waals surface area contributed by atoms with E-state index in [1.807, 2.05) is 13.0 Å². The van der Waals surface area contributed by atoms with Crippen LogP contribution < -0.4 is 10.5 Å². The number of nitrogens with two attached hydrogens (primary N) is 1. The maximum Gasteiger partial charge on any atom is 0.126 e. The number of benzene rings is 1. The number of hydrogen-bond donors (Lipinski definition) is 2. The van der Waals surface area contributed by atoms with Gasteiger partial charge in [0.2, 0.25) is 0 Å². The van der Waals surface area contributed by atoms with Crippen molar-refractivity contribution >= 4 is 0 Å². The van der Waals surface area contributed by atoms with Gasteiger partial charge in [-0.3, -0.25) is 0 Å². The molecular weight excluding hydrogens is 178 g/mol. The SMILES string of the molecule is CC(N)Cc1cc2c(cc1O)OCC2. The highest BCUT2D eigenvalue weighted by molar-refractivity contribution is 5.47. The third-order valence-electron chi connectivity index (χ3n) is 2.43. The number of fused-ring (bicyclic) bond motifs is 1. The van der Waals surface area contributed by atoms with Crippen molar-refractivity contribution in [3.8, 4) is 11.5 Å². The van der Waals surface area contributed by atoms with Crippen molar-refractivity contribution in [2.24, 2.45) is 5.73 Å². The van der Waals surface area contributed by atoms with Gasteiger partial charge in [-0.2, -0.15) is 0 Å². The van der Waals surface area contributed by atoms with Crippen LogP contribution >= 0.6 is 0 Å². The molecule has 0 bridgehead atoms. The Morgan fingerprint density at radius 2 is 2.36 bits per heavy atom. The zero-order valence-electron chi connectivity index (χ0n) is 8.29. The predicted molar refractivity (Wildman–Crippen MR) is 54.7 cm³/mol. The van der Waals surface area contributed by atoms with E-state index in [1.54, 1.807) is 6.07 Å². The molecule has 1 heterocycles. The van der Waals surface area contributed by atoms with Crippen molar-refractivity contribution in [3.63, 3.8) is 0 Å². The van der Waals surface area contributed by atoms with Gasteiger partial charge in [0.15, 0.2) is 0 Å². The van der Waals surface area contributed by atoms with Crippen LogP contribution in [0, 0.1) is 0 Å². The number of hydrogen-bond acceptors (Lipinski definition) is 3. The molecule has 0 aromatic heterocycles. The first kappa shape index (κ1) is 9.34. The van der Waals surface area contributed by atoms with E-state index < -0.39 is 0 Å². The van der Waals surface area contributed by atoms with Crippen LogP contribution in [-0.2, 0) is 12.8 Å². The summed E-state index contributed by atoms with van der Waals surface area (Å²) in [5.74, 6) is 1.11. The Balaban J connectivity index is 2.32. The molecule has 3 nitrogen and oxygen atoms in total. The highest BCUT2D eigenvalue weighted by Gasteiger charge is 2.15. The van der Waals surface area contributed by atoms with Crippen molar-refractivity contribution in [3.05, 3.63) is 23.3 Å². The maximum atomic E-state index is 9.69. The average Bonchev–Trinajstić information content (AvgIpc) is 2.51. The molecule has 3 N–H and O–H groups in total. The van der Waals surface area contributed by atoms with Crippen LogP contribution in [0.5, 0.6) is 11.5 Å². The second kappa shape index (κ2) is 3.50. The highest BCUT2D eigenvalue weighted by Crippen LogP contribution is 2.32. The van der Waals surface area contributed by atoms with Gasteiger partial charge in [-0.05, 0) is 30.5 Å². The third-order valence-corrected chi connectivity index (χ3v) is 2.43. The summed E-state index contributed by atoms with van der Waals surface area (Å²) in [5.41, 5.74) is 7.80. The summed E-state index contributed by atoms with van der Waals surface area (Å²) < 4.78 is 5.35. The van der Waals surface area contributed by atoms with Crippen molar-refractivity contribution in [1.82, 2.24) is 0 Å². The Morgan fingerprint density at radius 3 is 3.07 bits per heavy atom. The molecule has 1 aromatic rings. The predicted octanol–water partition coefficient (Wildman–Crippen LogP) is 1.22. The van der Waals surface area contributed by atoms with Crippen molar-refractivity contribution in [2.75, 3.05) is 6.61 Å². The molecule has 1 unspecified atom stereocenters. The standard InChI is InChI=1S/C11H15NO2/c1-7(12)4-9-5-8-2-3-14-11(8)6-10(9)13/h5-7,13H,2-4,12H2,1H3. The highest BCUT2D eigenvalue weighted by atomic mass is 16.5. The Hall–Kier alpha value is -1.22. The van der Waals surface area contributed by atoms with Gasteiger partial charge in [-0.25, -0.2) is 0 Å². The molecule has 3 heteroatoms. The topological polar surface area (TPSA) is 55.5 Å². The van der Waals surface area contributed by atoms with Crippen LogP contribution in [0.4, 0.5) is 0 Å². The Bertz CT molecular complexity index is 347. The van der Waals surface area contributed by atoms with Gasteiger partial charge in [0.05, 0.1) is 6.61 Å². The van der Waals surface area contributed by atoms with Crippen LogP contribution in [0.2, 0.25) is 0 Å². The largest absolute Gasteiger partial charge is 0.508 e. The van der Waals surface area contributed by atoms with Crippen molar-refractivity contribution < 1.29 is 9.84 Å². The molecule has 0 spiro atoms. The second-order valence-corrected chi connectivity index (χ2v) is 3.87. The van der Waals surface area contributed by atoms with E-state index in [-0.39, 0.29) is 6.04 Å².